The molecule has 1 saturated heterocycles. The van der Waals surface area contributed by atoms with E-state index in [4.69, 9.17) is 0 Å². The number of hydrogen-bond acceptors (Lipinski definition) is 4. The summed E-state index contributed by atoms with van der Waals surface area (Å²) < 4.78 is 24.1. The molecule has 1 unspecified atom stereocenters. The molecule has 1 N–H and O–H groups in total. The second kappa shape index (κ2) is 4.05. The maximum absolute atomic E-state index is 11.5. The summed E-state index contributed by atoms with van der Waals surface area (Å²) in [6.07, 6.45) is 0.774. The number of thiophene rings is 1. The fourth-order valence-corrected chi connectivity index (χ4v) is 5.43. The molecule has 18 heavy (non-hydrogen) atoms. The predicted molar refractivity (Wildman–Crippen MR) is 73.7 cm³/mol. The van der Waals surface area contributed by atoms with Crippen molar-refractivity contribution in [1.82, 2.24) is 0 Å². The van der Waals surface area contributed by atoms with E-state index in [0.717, 1.165) is 10.9 Å². The van der Waals surface area contributed by atoms with Crippen LogP contribution in [0.3, 0.4) is 0 Å². The van der Waals surface area contributed by atoms with Gasteiger partial charge in [-0.15, -0.1) is 11.3 Å². The third-order valence-corrected chi connectivity index (χ3v) is 6.26. The van der Waals surface area contributed by atoms with Crippen LogP contribution in [0.1, 0.15) is 12.0 Å². The van der Waals surface area contributed by atoms with Crippen molar-refractivity contribution in [3.8, 4) is 0 Å². The molecule has 3 nitrogen and oxygen atoms in total. The first-order valence-corrected chi connectivity index (χ1v) is 8.56. The molecule has 3 rings (SSSR count). The van der Waals surface area contributed by atoms with E-state index in [1.165, 1.54) is 4.70 Å². The van der Waals surface area contributed by atoms with Gasteiger partial charge in [-0.1, -0.05) is 18.2 Å². The van der Waals surface area contributed by atoms with Gasteiger partial charge in [-0.3, -0.25) is 0 Å². The first-order chi connectivity index (χ1) is 8.48. The van der Waals surface area contributed by atoms with Crippen LogP contribution in [0.5, 0.6) is 0 Å². The zero-order valence-corrected chi connectivity index (χ0v) is 11.4. The highest BCUT2D eigenvalue weighted by Crippen LogP contribution is 2.32. The van der Waals surface area contributed by atoms with Crippen molar-refractivity contribution >= 4 is 31.3 Å². The van der Waals surface area contributed by atoms with Crippen molar-refractivity contribution in [3.05, 3.63) is 35.2 Å². The smallest absolute Gasteiger partial charge is 0.153 e. The molecule has 0 amide bonds. The van der Waals surface area contributed by atoms with E-state index in [-0.39, 0.29) is 11.5 Å². The van der Waals surface area contributed by atoms with Gasteiger partial charge in [-0.25, -0.2) is 8.42 Å². The summed E-state index contributed by atoms with van der Waals surface area (Å²) in [6.45, 7) is 0. The van der Waals surface area contributed by atoms with Crippen molar-refractivity contribution < 1.29 is 13.5 Å². The van der Waals surface area contributed by atoms with Gasteiger partial charge < -0.3 is 5.11 Å². The highest BCUT2D eigenvalue weighted by Gasteiger charge is 2.40. The molecule has 2 heterocycles. The number of hydrogen-bond donors (Lipinski definition) is 1. The number of benzene rings is 1. The van der Waals surface area contributed by atoms with Gasteiger partial charge in [0.25, 0.3) is 0 Å². The lowest BCUT2D eigenvalue weighted by atomic mass is 9.94. The molecular formula is C13H14O3S2. The highest BCUT2D eigenvalue weighted by atomic mass is 32.2. The van der Waals surface area contributed by atoms with E-state index in [1.807, 2.05) is 29.6 Å². The number of rotatable bonds is 2. The topological polar surface area (TPSA) is 54.4 Å². The fraction of sp³-hybridized carbons (Fsp3) is 0.385. The Balaban J connectivity index is 1.93. The van der Waals surface area contributed by atoms with Crippen LogP contribution in [0, 0.1) is 0 Å². The SMILES string of the molecule is O=S1(=O)CCC(O)(Cc2csc3ccccc23)C1. The summed E-state index contributed by atoms with van der Waals surface area (Å²) in [4.78, 5) is 0. The van der Waals surface area contributed by atoms with E-state index in [0.29, 0.717) is 12.8 Å². The number of sulfone groups is 1. The van der Waals surface area contributed by atoms with Gasteiger partial charge >= 0.3 is 0 Å². The van der Waals surface area contributed by atoms with Gasteiger partial charge in [0.05, 0.1) is 17.1 Å². The quantitative estimate of drug-likeness (QED) is 0.916. The summed E-state index contributed by atoms with van der Waals surface area (Å²) >= 11 is 1.64. The molecule has 1 aromatic carbocycles. The molecule has 1 aliphatic heterocycles. The molecule has 1 aliphatic rings. The van der Waals surface area contributed by atoms with Crippen molar-refractivity contribution in [2.24, 2.45) is 0 Å². The van der Waals surface area contributed by atoms with Crippen LogP contribution in [0.2, 0.25) is 0 Å². The van der Waals surface area contributed by atoms with Crippen LogP contribution in [0.15, 0.2) is 29.6 Å². The van der Waals surface area contributed by atoms with Crippen LogP contribution < -0.4 is 0 Å². The van der Waals surface area contributed by atoms with E-state index in [1.54, 1.807) is 11.3 Å². The second-order valence-corrected chi connectivity index (χ2v) is 8.10. The molecule has 5 heteroatoms. The minimum absolute atomic E-state index is 0.103. The van der Waals surface area contributed by atoms with E-state index in [2.05, 4.69) is 0 Å². The zero-order valence-electron chi connectivity index (χ0n) is 9.80. The molecule has 1 atom stereocenters. The predicted octanol–water partition coefficient (Wildman–Crippen LogP) is 1.99. The second-order valence-electron chi connectivity index (χ2n) is 5.00. The Morgan fingerprint density at radius 1 is 1.33 bits per heavy atom. The summed E-state index contributed by atoms with van der Waals surface area (Å²) in [6, 6.07) is 8.01. The number of fused-ring (bicyclic) bond motifs is 1. The lowest BCUT2D eigenvalue weighted by Crippen LogP contribution is -2.32. The lowest BCUT2D eigenvalue weighted by Gasteiger charge is -2.20. The molecule has 0 saturated carbocycles. The average molecular weight is 282 g/mol. The van der Waals surface area contributed by atoms with E-state index < -0.39 is 15.4 Å². The average Bonchev–Trinajstić information content (AvgIpc) is 2.82. The fourth-order valence-electron chi connectivity index (χ4n) is 2.56. The van der Waals surface area contributed by atoms with Crippen molar-refractivity contribution in [2.75, 3.05) is 11.5 Å². The Bertz CT molecular complexity index is 687. The Kier molecular flexibility index (Phi) is 2.73. The first-order valence-electron chi connectivity index (χ1n) is 5.85. The lowest BCUT2D eigenvalue weighted by molar-refractivity contribution is 0.0686. The third kappa shape index (κ3) is 2.18. The van der Waals surface area contributed by atoms with Gasteiger partial charge in [0.15, 0.2) is 9.84 Å². The third-order valence-electron chi connectivity index (χ3n) is 3.45. The van der Waals surface area contributed by atoms with Gasteiger partial charge in [0.1, 0.15) is 0 Å². The molecular weight excluding hydrogens is 268 g/mol. The molecule has 0 radical (unpaired) electrons. The highest BCUT2D eigenvalue weighted by molar-refractivity contribution is 7.91. The van der Waals surface area contributed by atoms with Crippen molar-refractivity contribution in [3.63, 3.8) is 0 Å². The molecule has 2 aromatic rings. The van der Waals surface area contributed by atoms with E-state index >= 15 is 0 Å². The Labute approximate surface area is 110 Å². The summed E-state index contributed by atoms with van der Waals surface area (Å²) in [5, 5.41) is 13.5. The van der Waals surface area contributed by atoms with Crippen molar-refractivity contribution in [1.29, 1.82) is 0 Å². The maximum atomic E-state index is 11.5. The van der Waals surface area contributed by atoms with Crippen LogP contribution in [-0.4, -0.2) is 30.6 Å². The standard InChI is InChI=1S/C13H14O3S2/c14-13(5-6-18(15,16)9-13)7-10-8-17-12-4-2-1-3-11(10)12/h1-4,8,14H,5-7,9H2. The largest absolute Gasteiger partial charge is 0.388 e. The van der Waals surface area contributed by atoms with Crippen LogP contribution in [-0.2, 0) is 16.3 Å². The molecule has 1 fully saturated rings. The van der Waals surface area contributed by atoms with Crippen LogP contribution >= 0.6 is 11.3 Å². The summed E-state index contributed by atoms with van der Waals surface area (Å²) in [5.41, 5.74) is -0.0296. The molecule has 0 spiro atoms. The van der Waals surface area contributed by atoms with Crippen LogP contribution in [0.4, 0.5) is 0 Å². The normalized spacial score (nSPS) is 26.7. The van der Waals surface area contributed by atoms with Gasteiger partial charge in [-0.05, 0) is 28.8 Å². The van der Waals surface area contributed by atoms with E-state index in [9.17, 15) is 13.5 Å². The van der Waals surface area contributed by atoms with Gasteiger partial charge in [-0.2, -0.15) is 0 Å². The summed E-state index contributed by atoms with van der Waals surface area (Å²) in [7, 11) is -3.06. The van der Waals surface area contributed by atoms with Gasteiger partial charge in [0, 0.05) is 11.1 Å². The zero-order chi connectivity index (χ0) is 12.8. The number of aliphatic hydroxyl groups is 1. The Morgan fingerprint density at radius 3 is 2.83 bits per heavy atom. The first kappa shape index (κ1) is 12.1. The van der Waals surface area contributed by atoms with Crippen molar-refractivity contribution in [2.45, 2.75) is 18.4 Å². The Hall–Kier alpha value is -0.910. The Morgan fingerprint density at radius 2 is 2.11 bits per heavy atom. The maximum Gasteiger partial charge on any atom is 0.153 e. The molecule has 96 valence electrons. The minimum Gasteiger partial charge on any atom is -0.388 e. The minimum atomic E-state index is -3.06. The molecule has 0 aliphatic carbocycles. The molecule has 0 bridgehead atoms. The summed E-state index contributed by atoms with van der Waals surface area (Å²) in [5.74, 6) is -0.00422. The molecule has 1 aromatic heterocycles. The van der Waals surface area contributed by atoms with Crippen LogP contribution in [0.25, 0.3) is 10.1 Å². The monoisotopic (exact) mass is 282 g/mol. The van der Waals surface area contributed by atoms with Gasteiger partial charge in [0.2, 0.25) is 0 Å².